The molecule has 1 fully saturated rings. The summed E-state index contributed by atoms with van der Waals surface area (Å²) >= 11 is 1.78. The topological polar surface area (TPSA) is 37.4 Å². The molecular weight excluding hydrogens is 246 g/mol. The molecule has 0 radical (unpaired) electrons. The van der Waals surface area contributed by atoms with Gasteiger partial charge in [0.15, 0.2) is 0 Å². The molecule has 0 saturated carbocycles. The predicted octanol–water partition coefficient (Wildman–Crippen LogP) is 1.74. The molecule has 1 aliphatic heterocycles. The van der Waals surface area contributed by atoms with Crippen LogP contribution in [0.2, 0.25) is 0 Å². The maximum absolute atomic E-state index is 5.34. The summed E-state index contributed by atoms with van der Waals surface area (Å²) in [5.74, 6) is 0. The van der Waals surface area contributed by atoms with Crippen molar-refractivity contribution >= 4 is 11.3 Å². The van der Waals surface area contributed by atoms with Crippen molar-refractivity contribution in [2.24, 2.45) is 0 Å². The molecule has 0 aromatic carbocycles. The lowest BCUT2D eigenvalue weighted by atomic mass is 10.2. The molecule has 0 spiro atoms. The summed E-state index contributed by atoms with van der Waals surface area (Å²) in [6, 6.07) is 0.344. The minimum absolute atomic E-state index is 0.344. The number of nitrogens with zero attached hydrogens (tertiary/aromatic N) is 2. The summed E-state index contributed by atoms with van der Waals surface area (Å²) in [7, 11) is 0. The molecule has 1 aliphatic rings. The molecule has 4 nitrogen and oxygen atoms in total. The van der Waals surface area contributed by atoms with Crippen LogP contribution in [0.5, 0.6) is 0 Å². The minimum Gasteiger partial charge on any atom is -0.379 e. The summed E-state index contributed by atoms with van der Waals surface area (Å²) in [4.78, 5) is 8.38. The first-order valence-corrected chi connectivity index (χ1v) is 7.46. The van der Waals surface area contributed by atoms with Crippen LogP contribution in [0.4, 0.5) is 0 Å². The second kappa shape index (κ2) is 6.61. The van der Waals surface area contributed by atoms with Crippen LogP contribution in [0.15, 0.2) is 0 Å². The Morgan fingerprint density at radius 1 is 1.39 bits per heavy atom. The maximum Gasteiger partial charge on any atom is 0.0900 e. The summed E-state index contributed by atoms with van der Waals surface area (Å²) in [5, 5.41) is 4.72. The molecule has 5 heteroatoms. The first-order valence-electron chi connectivity index (χ1n) is 6.64. The van der Waals surface area contributed by atoms with E-state index in [2.05, 4.69) is 36.0 Å². The summed E-state index contributed by atoms with van der Waals surface area (Å²) < 4.78 is 5.34. The first-order chi connectivity index (χ1) is 8.66. The molecule has 1 unspecified atom stereocenters. The summed E-state index contributed by atoms with van der Waals surface area (Å²) in [6.45, 7) is 12.4. The van der Waals surface area contributed by atoms with Crippen LogP contribution in [0.1, 0.15) is 28.5 Å². The number of ether oxygens (including phenoxy) is 1. The molecule has 2 rings (SSSR count). The zero-order chi connectivity index (χ0) is 13.0. The van der Waals surface area contributed by atoms with Crippen molar-refractivity contribution in [2.75, 3.05) is 39.4 Å². The van der Waals surface area contributed by atoms with Gasteiger partial charge in [-0.25, -0.2) is 4.98 Å². The van der Waals surface area contributed by atoms with Crippen LogP contribution in [0.25, 0.3) is 0 Å². The molecule has 0 aliphatic carbocycles. The van der Waals surface area contributed by atoms with Crippen LogP contribution < -0.4 is 5.32 Å². The minimum atomic E-state index is 0.344. The van der Waals surface area contributed by atoms with Gasteiger partial charge in [-0.1, -0.05) is 0 Å². The number of nitrogens with one attached hydrogen (secondary N) is 1. The summed E-state index contributed by atoms with van der Waals surface area (Å²) in [5.41, 5.74) is 1.21. The van der Waals surface area contributed by atoms with Crippen molar-refractivity contribution < 1.29 is 4.74 Å². The van der Waals surface area contributed by atoms with Gasteiger partial charge in [0, 0.05) is 37.1 Å². The highest BCUT2D eigenvalue weighted by Gasteiger charge is 2.14. The molecule has 2 heterocycles. The number of aryl methyl sites for hydroxylation is 2. The molecule has 102 valence electrons. The number of hydrogen-bond acceptors (Lipinski definition) is 5. The number of morpholine rings is 1. The van der Waals surface area contributed by atoms with E-state index in [9.17, 15) is 0 Å². The zero-order valence-electron chi connectivity index (χ0n) is 11.5. The monoisotopic (exact) mass is 269 g/mol. The maximum atomic E-state index is 5.34. The Morgan fingerprint density at radius 3 is 2.72 bits per heavy atom. The smallest absolute Gasteiger partial charge is 0.0900 e. The van der Waals surface area contributed by atoms with E-state index in [1.165, 1.54) is 10.6 Å². The molecule has 1 aromatic rings. The highest BCUT2D eigenvalue weighted by atomic mass is 32.1. The molecule has 0 bridgehead atoms. The van der Waals surface area contributed by atoms with Crippen LogP contribution >= 0.6 is 11.3 Å². The van der Waals surface area contributed by atoms with Gasteiger partial charge in [-0.05, 0) is 20.8 Å². The molecule has 18 heavy (non-hydrogen) atoms. The average molecular weight is 269 g/mol. The highest BCUT2D eigenvalue weighted by molar-refractivity contribution is 7.11. The van der Waals surface area contributed by atoms with Crippen molar-refractivity contribution in [1.29, 1.82) is 0 Å². The van der Waals surface area contributed by atoms with Crippen molar-refractivity contribution in [3.05, 3.63) is 15.6 Å². The molecular formula is C13H23N3OS. The Bertz CT molecular complexity index is 374. The van der Waals surface area contributed by atoms with E-state index in [4.69, 9.17) is 4.74 Å². The van der Waals surface area contributed by atoms with Gasteiger partial charge in [-0.2, -0.15) is 0 Å². The van der Waals surface area contributed by atoms with E-state index in [1.54, 1.807) is 11.3 Å². The van der Waals surface area contributed by atoms with Gasteiger partial charge in [0.25, 0.3) is 0 Å². The third-order valence-corrected chi connectivity index (χ3v) is 4.23. The van der Waals surface area contributed by atoms with E-state index in [-0.39, 0.29) is 0 Å². The van der Waals surface area contributed by atoms with Gasteiger partial charge < -0.3 is 10.1 Å². The van der Waals surface area contributed by atoms with Crippen molar-refractivity contribution in [3.63, 3.8) is 0 Å². The molecule has 1 aromatic heterocycles. The Hall–Kier alpha value is -0.490. The van der Waals surface area contributed by atoms with E-state index in [0.29, 0.717) is 6.04 Å². The Labute approximate surface area is 113 Å². The second-order valence-electron chi connectivity index (χ2n) is 4.80. The third kappa shape index (κ3) is 3.75. The largest absolute Gasteiger partial charge is 0.379 e. The van der Waals surface area contributed by atoms with E-state index in [0.717, 1.165) is 44.4 Å². The van der Waals surface area contributed by atoms with Crippen molar-refractivity contribution in [2.45, 2.75) is 26.8 Å². The SMILES string of the molecule is Cc1nc(C(C)NCCN2CCOCC2)c(C)s1. The van der Waals surface area contributed by atoms with Crippen LogP contribution in [-0.2, 0) is 4.74 Å². The highest BCUT2D eigenvalue weighted by Crippen LogP contribution is 2.22. The fourth-order valence-electron chi connectivity index (χ4n) is 2.31. The lowest BCUT2D eigenvalue weighted by Crippen LogP contribution is -2.40. The van der Waals surface area contributed by atoms with Gasteiger partial charge in [0.05, 0.1) is 23.9 Å². The average Bonchev–Trinajstić information content (AvgIpc) is 2.70. The lowest BCUT2D eigenvalue weighted by Gasteiger charge is -2.27. The second-order valence-corrected chi connectivity index (χ2v) is 6.21. The van der Waals surface area contributed by atoms with Crippen molar-refractivity contribution in [1.82, 2.24) is 15.2 Å². The molecule has 0 amide bonds. The number of rotatable bonds is 5. The van der Waals surface area contributed by atoms with Gasteiger partial charge in [0.1, 0.15) is 0 Å². The first kappa shape index (κ1) is 13.9. The Kier molecular flexibility index (Phi) is 5.12. The molecule has 1 saturated heterocycles. The summed E-state index contributed by atoms with van der Waals surface area (Å²) in [6.07, 6.45) is 0. The van der Waals surface area contributed by atoms with Crippen LogP contribution in [0.3, 0.4) is 0 Å². The fourth-order valence-corrected chi connectivity index (χ4v) is 3.22. The standard InChI is InChI=1S/C13H23N3OS/c1-10(13-11(2)18-12(3)15-13)14-4-5-16-6-8-17-9-7-16/h10,14H,4-9H2,1-3H3. The number of hydrogen-bond donors (Lipinski definition) is 1. The van der Waals surface area contributed by atoms with Crippen LogP contribution in [0, 0.1) is 13.8 Å². The van der Waals surface area contributed by atoms with Crippen LogP contribution in [-0.4, -0.2) is 49.3 Å². The van der Waals surface area contributed by atoms with Gasteiger partial charge in [-0.3, -0.25) is 4.90 Å². The number of thiazole rings is 1. The Balaban J connectivity index is 1.74. The Morgan fingerprint density at radius 2 is 2.11 bits per heavy atom. The number of aromatic nitrogens is 1. The molecule has 1 N–H and O–H groups in total. The molecule has 1 atom stereocenters. The zero-order valence-corrected chi connectivity index (χ0v) is 12.3. The predicted molar refractivity (Wildman–Crippen MR) is 75.3 cm³/mol. The van der Waals surface area contributed by atoms with E-state index in [1.807, 2.05) is 0 Å². The van der Waals surface area contributed by atoms with E-state index >= 15 is 0 Å². The fraction of sp³-hybridized carbons (Fsp3) is 0.769. The third-order valence-electron chi connectivity index (χ3n) is 3.33. The lowest BCUT2D eigenvalue weighted by molar-refractivity contribution is 0.0382. The van der Waals surface area contributed by atoms with Crippen molar-refractivity contribution in [3.8, 4) is 0 Å². The normalized spacial score (nSPS) is 19.1. The van der Waals surface area contributed by atoms with Gasteiger partial charge in [-0.15, -0.1) is 11.3 Å². The van der Waals surface area contributed by atoms with E-state index < -0.39 is 0 Å². The van der Waals surface area contributed by atoms with Gasteiger partial charge in [0.2, 0.25) is 0 Å². The quantitative estimate of drug-likeness (QED) is 0.883. The van der Waals surface area contributed by atoms with Gasteiger partial charge >= 0.3 is 0 Å².